The average Bonchev–Trinajstić information content (AvgIpc) is 3.23. The highest BCUT2D eigenvalue weighted by atomic mass is 35.5. The van der Waals surface area contributed by atoms with Crippen molar-refractivity contribution in [3.63, 3.8) is 0 Å². The normalized spacial score (nSPS) is 20.1. The highest BCUT2D eigenvalue weighted by Gasteiger charge is 2.46. The minimum atomic E-state index is -1.02. The summed E-state index contributed by atoms with van der Waals surface area (Å²) in [7, 11) is 1.52. The number of halogens is 1. The largest absolute Gasteiger partial charge is 0.480 e. The second-order valence-electron chi connectivity index (χ2n) is 5.12. The first kappa shape index (κ1) is 15.8. The molecular weight excluding hydrogens is 294 g/mol. The van der Waals surface area contributed by atoms with Gasteiger partial charge >= 0.3 is 5.97 Å². The van der Waals surface area contributed by atoms with E-state index < -0.39 is 5.97 Å². The molecular formula is C15H18ClNO4. The smallest absolute Gasteiger partial charge is 0.323 e. The van der Waals surface area contributed by atoms with Crippen molar-refractivity contribution in [2.24, 2.45) is 5.92 Å². The van der Waals surface area contributed by atoms with Gasteiger partial charge in [-0.2, -0.15) is 0 Å². The SMILES string of the molecule is COCCN(CC(=O)O)C(=O)[C@H]1C[C@@H]1c1ccccc1Cl. The van der Waals surface area contributed by atoms with Crippen LogP contribution in [0.1, 0.15) is 17.9 Å². The van der Waals surface area contributed by atoms with Crippen LogP contribution in [0.25, 0.3) is 0 Å². The summed E-state index contributed by atoms with van der Waals surface area (Å²) in [6.07, 6.45) is 0.714. The van der Waals surface area contributed by atoms with Crippen molar-refractivity contribution in [2.45, 2.75) is 12.3 Å². The van der Waals surface area contributed by atoms with Crippen LogP contribution in [0.15, 0.2) is 24.3 Å². The summed E-state index contributed by atoms with van der Waals surface area (Å²) >= 11 is 6.14. The first-order valence-corrected chi connectivity index (χ1v) is 7.16. The number of nitrogens with zero attached hydrogens (tertiary/aromatic N) is 1. The van der Waals surface area contributed by atoms with Crippen LogP contribution in [0.5, 0.6) is 0 Å². The molecule has 1 aliphatic rings. The molecule has 2 rings (SSSR count). The molecule has 1 aliphatic carbocycles. The van der Waals surface area contributed by atoms with Gasteiger partial charge in [-0.3, -0.25) is 9.59 Å². The lowest BCUT2D eigenvalue weighted by molar-refractivity contribution is -0.145. The lowest BCUT2D eigenvalue weighted by Crippen LogP contribution is -2.39. The molecule has 0 saturated heterocycles. The van der Waals surface area contributed by atoms with Crippen LogP contribution in [0, 0.1) is 5.92 Å². The molecule has 21 heavy (non-hydrogen) atoms. The highest BCUT2D eigenvalue weighted by Crippen LogP contribution is 2.50. The van der Waals surface area contributed by atoms with Gasteiger partial charge in [-0.15, -0.1) is 0 Å². The molecule has 114 valence electrons. The van der Waals surface area contributed by atoms with Gasteiger partial charge in [0.15, 0.2) is 0 Å². The Morgan fingerprint density at radius 1 is 1.43 bits per heavy atom. The van der Waals surface area contributed by atoms with Crippen LogP contribution in [0.4, 0.5) is 0 Å². The lowest BCUT2D eigenvalue weighted by atomic mass is 10.1. The number of hydrogen-bond donors (Lipinski definition) is 1. The van der Waals surface area contributed by atoms with Crippen molar-refractivity contribution < 1.29 is 19.4 Å². The standard InChI is InChI=1S/C15H18ClNO4/c1-21-7-6-17(9-14(18)19)15(20)12-8-11(12)10-4-2-3-5-13(10)16/h2-5,11-12H,6-9H2,1H3,(H,18,19)/t11-,12+/m1/s1. The Labute approximate surface area is 128 Å². The fourth-order valence-electron chi connectivity index (χ4n) is 2.45. The zero-order valence-electron chi connectivity index (χ0n) is 11.8. The fourth-order valence-corrected chi connectivity index (χ4v) is 2.73. The third-order valence-corrected chi connectivity index (χ3v) is 3.96. The Morgan fingerprint density at radius 3 is 2.76 bits per heavy atom. The van der Waals surface area contributed by atoms with E-state index in [0.717, 1.165) is 5.56 Å². The summed E-state index contributed by atoms with van der Waals surface area (Å²) in [6, 6.07) is 7.45. The maximum absolute atomic E-state index is 12.4. The van der Waals surface area contributed by atoms with Gasteiger partial charge in [-0.05, 0) is 24.0 Å². The molecule has 2 atom stereocenters. The second-order valence-corrected chi connectivity index (χ2v) is 5.52. The van der Waals surface area contributed by atoms with Gasteiger partial charge in [-0.1, -0.05) is 29.8 Å². The summed E-state index contributed by atoms with van der Waals surface area (Å²) in [4.78, 5) is 24.6. The third-order valence-electron chi connectivity index (χ3n) is 3.62. The van der Waals surface area contributed by atoms with Gasteiger partial charge in [-0.25, -0.2) is 0 Å². The van der Waals surface area contributed by atoms with E-state index >= 15 is 0 Å². The third kappa shape index (κ3) is 3.95. The van der Waals surface area contributed by atoms with Gasteiger partial charge in [0, 0.05) is 24.6 Å². The summed E-state index contributed by atoms with van der Waals surface area (Å²) in [5.74, 6) is -1.25. The molecule has 1 saturated carbocycles. The molecule has 0 aliphatic heterocycles. The van der Waals surface area contributed by atoms with Crippen molar-refractivity contribution >= 4 is 23.5 Å². The number of benzene rings is 1. The number of aliphatic carboxylic acids is 1. The number of methoxy groups -OCH3 is 1. The number of rotatable bonds is 7. The van der Waals surface area contributed by atoms with Crippen LogP contribution in [0.2, 0.25) is 5.02 Å². The zero-order chi connectivity index (χ0) is 15.4. The van der Waals surface area contributed by atoms with Gasteiger partial charge < -0.3 is 14.7 Å². The quantitative estimate of drug-likeness (QED) is 0.836. The number of carbonyl (C=O) groups is 2. The lowest BCUT2D eigenvalue weighted by Gasteiger charge is -2.20. The monoisotopic (exact) mass is 311 g/mol. The van der Waals surface area contributed by atoms with Crippen LogP contribution < -0.4 is 0 Å². The number of carbonyl (C=O) groups excluding carboxylic acids is 1. The van der Waals surface area contributed by atoms with Crippen LogP contribution >= 0.6 is 11.6 Å². The number of carboxylic acid groups (broad SMARTS) is 1. The number of hydrogen-bond acceptors (Lipinski definition) is 3. The Bertz CT molecular complexity index is 534. The molecule has 1 fully saturated rings. The Hall–Kier alpha value is -1.59. The molecule has 0 aromatic heterocycles. The van der Waals surface area contributed by atoms with Crippen molar-refractivity contribution in [1.29, 1.82) is 0 Å². The van der Waals surface area contributed by atoms with Gasteiger partial charge in [0.25, 0.3) is 0 Å². The minimum Gasteiger partial charge on any atom is -0.480 e. The number of carboxylic acids is 1. The van der Waals surface area contributed by atoms with E-state index in [1.54, 1.807) is 6.07 Å². The van der Waals surface area contributed by atoms with E-state index in [1.165, 1.54) is 12.0 Å². The van der Waals surface area contributed by atoms with Gasteiger partial charge in [0.2, 0.25) is 5.91 Å². The van der Waals surface area contributed by atoms with Gasteiger partial charge in [0.1, 0.15) is 6.54 Å². The molecule has 1 aromatic carbocycles. The van der Waals surface area contributed by atoms with E-state index in [2.05, 4.69) is 0 Å². The topological polar surface area (TPSA) is 66.8 Å². The molecule has 1 amide bonds. The minimum absolute atomic E-state index is 0.0880. The Morgan fingerprint density at radius 2 is 2.14 bits per heavy atom. The van der Waals surface area contributed by atoms with Crippen LogP contribution in [-0.2, 0) is 14.3 Å². The molecule has 0 heterocycles. The molecule has 1 N–H and O–H groups in total. The molecule has 6 heteroatoms. The van der Waals surface area contributed by atoms with Crippen molar-refractivity contribution in [2.75, 3.05) is 26.8 Å². The maximum atomic E-state index is 12.4. The fraction of sp³-hybridized carbons (Fsp3) is 0.467. The average molecular weight is 312 g/mol. The second kappa shape index (κ2) is 6.91. The van der Waals surface area contributed by atoms with Crippen molar-refractivity contribution in [3.05, 3.63) is 34.9 Å². The predicted molar refractivity (Wildman–Crippen MR) is 78.4 cm³/mol. The van der Waals surface area contributed by atoms with Crippen molar-refractivity contribution in [1.82, 2.24) is 4.90 Å². The summed E-state index contributed by atoms with van der Waals surface area (Å²) < 4.78 is 4.93. The van der Waals surface area contributed by atoms with E-state index in [-0.39, 0.29) is 30.8 Å². The summed E-state index contributed by atoms with van der Waals surface area (Å²) in [5, 5.41) is 9.56. The summed E-state index contributed by atoms with van der Waals surface area (Å²) in [5.41, 5.74) is 0.958. The van der Waals surface area contributed by atoms with E-state index in [9.17, 15) is 9.59 Å². The Balaban J connectivity index is 2.02. The summed E-state index contributed by atoms with van der Waals surface area (Å²) in [6.45, 7) is 0.309. The zero-order valence-corrected chi connectivity index (χ0v) is 12.5. The van der Waals surface area contributed by atoms with Crippen LogP contribution in [-0.4, -0.2) is 48.7 Å². The number of amides is 1. The molecule has 0 radical (unpaired) electrons. The Kier molecular flexibility index (Phi) is 5.20. The molecule has 1 aromatic rings. The maximum Gasteiger partial charge on any atom is 0.323 e. The van der Waals surface area contributed by atoms with Crippen LogP contribution in [0.3, 0.4) is 0 Å². The first-order chi connectivity index (χ1) is 10.0. The highest BCUT2D eigenvalue weighted by molar-refractivity contribution is 6.31. The predicted octanol–water partition coefficient (Wildman–Crippen LogP) is 2.00. The van der Waals surface area contributed by atoms with Crippen molar-refractivity contribution in [3.8, 4) is 0 Å². The molecule has 0 spiro atoms. The van der Waals surface area contributed by atoms with E-state index in [0.29, 0.717) is 18.1 Å². The first-order valence-electron chi connectivity index (χ1n) is 6.78. The molecule has 0 unspecified atom stereocenters. The molecule has 0 bridgehead atoms. The van der Waals surface area contributed by atoms with Gasteiger partial charge in [0.05, 0.1) is 6.61 Å². The number of ether oxygens (including phenoxy) is 1. The van der Waals surface area contributed by atoms with E-state index in [1.807, 2.05) is 18.2 Å². The molecule has 5 nitrogen and oxygen atoms in total. The van der Waals surface area contributed by atoms with E-state index in [4.69, 9.17) is 21.4 Å².